The molecule has 0 bridgehead atoms. The van der Waals surface area contributed by atoms with Crippen LogP contribution in [0.1, 0.15) is 11.7 Å². The van der Waals surface area contributed by atoms with Gasteiger partial charge >= 0.3 is 6.18 Å². The van der Waals surface area contributed by atoms with Crippen molar-refractivity contribution in [1.29, 1.82) is 0 Å². The highest BCUT2D eigenvalue weighted by Crippen LogP contribution is 2.39. The topological polar surface area (TPSA) is 76.0 Å². The second-order valence-electron chi connectivity index (χ2n) is 4.62. The zero-order valence-corrected chi connectivity index (χ0v) is 10.7. The highest BCUT2D eigenvalue weighted by atomic mass is 19.4. The number of nitrogens with one attached hydrogen (secondary N) is 2. The molecule has 1 aliphatic rings. The van der Waals surface area contributed by atoms with Gasteiger partial charge in [-0.15, -0.1) is 0 Å². The summed E-state index contributed by atoms with van der Waals surface area (Å²) in [7, 11) is 0. The Labute approximate surface area is 115 Å². The molecule has 0 saturated heterocycles. The van der Waals surface area contributed by atoms with E-state index in [2.05, 4.69) is 4.98 Å². The van der Waals surface area contributed by atoms with Crippen LogP contribution in [0.15, 0.2) is 24.3 Å². The van der Waals surface area contributed by atoms with E-state index < -0.39 is 23.7 Å². The van der Waals surface area contributed by atoms with Crippen molar-refractivity contribution in [2.45, 2.75) is 18.8 Å². The number of hydrogen-bond donors (Lipinski definition) is 2. The molecule has 0 aliphatic carbocycles. The molecule has 21 heavy (non-hydrogen) atoms. The van der Waals surface area contributed by atoms with Crippen molar-refractivity contribution in [2.24, 2.45) is 0 Å². The maximum Gasteiger partial charge on any atom is 0.440 e. The van der Waals surface area contributed by atoms with Gasteiger partial charge in [0.2, 0.25) is 11.9 Å². The van der Waals surface area contributed by atoms with Crippen LogP contribution in [-0.4, -0.2) is 33.2 Å². The van der Waals surface area contributed by atoms with Gasteiger partial charge in [0.25, 0.3) is 11.6 Å². The highest BCUT2D eigenvalue weighted by molar-refractivity contribution is 6.06. The lowest BCUT2D eigenvalue weighted by Gasteiger charge is -2.29. The van der Waals surface area contributed by atoms with Crippen molar-refractivity contribution in [2.75, 3.05) is 5.32 Å². The van der Waals surface area contributed by atoms with E-state index in [4.69, 9.17) is 0 Å². The zero-order valence-electron chi connectivity index (χ0n) is 10.7. The number of amides is 1. The molecule has 0 saturated carbocycles. The average Bonchev–Trinajstić information content (AvgIpc) is 2.84. The normalized spacial score (nSPS) is 21.2. The Morgan fingerprint density at radius 3 is 2.67 bits per heavy atom. The van der Waals surface area contributed by atoms with E-state index in [-0.39, 0.29) is 11.5 Å². The molecule has 2 heterocycles. The van der Waals surface area contributed by atoms with E-state index in [9.17, 15) is 22.8 Å². The third-order valence-electron chi connectivity index (χ3n) is 3.17. The van der Waals surface area contributed by atoms with E-state index in [1.165, 1.54) is 6.07 Å². The standard InChI is InChI=1S/C12H9F3N4O2/c1-6(20)17-11(12(13,14)15)9(21)19-8-5-3-2-4-7(8)16-10(19)18-11/h2-5H,1H3,(H,16,18)(H,17,20)/t11-/m1/s1. The first kappa shape index (κ1) is 13.4. The van der Waals surface area contributed by atoms with Crippen molar-refractivity contribution in [1.82, 2.24) is 14.9 Å². The number of carbonyl (C=O) groups excluding carboxylic acids is 2. The molecule has 1 amide bonds. The number of carbonyl (C=O) groups is 2. The first-order chi connectivity index (χ1) is 9.76. The molecule has 1 aliphatic heterocycles. The summed E-state index contributed by atoms with van der Waals surface area (Å²) in [6.45, 7) is 0.904. The fourth-order valence-electron chi connectivity index (χ4n) is 2.32. The van der Waals surface area contributed by atoms with Crippen LogP contribution >= 0.6 is 0 Å². The van der Waals surface area contributed by atoms with Gasteiger partial charge in [0.15, 0.2) is 0 Å². The maximum absolute atomic E-state index is 13.3. The fraction of sp³-hybridized carbons (Fsp3) is 0.250. The van der Waals surface area contributed by atoms with Crippen LogP contribution in [0, 0.1) is 0 Å². The Hall–Kier alpha value is -2.58. The lowest BCUT2D eigenvalue weighted by Crippen LogP contribution is -2.66. The van der Waals surface area contributed by atoms with E-state index >= 15 is 0 Å². The summed E-state index contributed by atoms with van der Waals surface area (Å²) in [5.41, 5.74) is -2.57. The molecule has 2 N–H and O–H groups in total. The Kier molecular flexibility index (Phi) is 2.53. The summed E-state index contributed by atoms with van der Waals surface area (Å²) in [4.78, 5) is 27.3. The molecule has 110 valence electrons. The summed E-state index contributed by atoms with van der Waals surface area (Å²) >= 11 is 0. The first-order valence-corrected chi connectivity index (χ1v) is 5.92. The van der Waals surface area contributed by atoms with Crippen LogP contribution in [-0.2, 0) is 4.79 Å². The van der Waals surface area contributed by atoms with E-state index in [0.29, 0.717) is 5.52 Å². The number of aromatic nitrogens is 2. The SMILES string of the molecule is CC(=O)N[C@@]1(C(F)(F)F)Nc2nc3ccccc3n2C1=O. The lowest BCUT2D eigenvalue weighted by molar-refractivity contribution is -0.175. The van der Waals surface area contributed by atoms with E-state index in [1.807, 2.05) is 5.32 Å². The Balaban J connectivity index is 2.20. The highest BCUT2D eigenvalue weighted by Gasteiger charge is 2.66. The largest absolute Gasteiger partial charge is 0.440 e. The van der Waals surface area contributed by atoms with Gasteiger partial charge in [-0.05, 0) is 12.1 Å². The third kappa shape index (κ3) is 1.70. The predicted molar refractivity (Wildman–Crippen MR) is 66.6 cm³/mol. The first-order valence-electron chi connectivity index (χ1n) is 5.92. The third-order valence-corrected chi connectivity index (χ3v) is 3.17. The van der Waals surface area contributed by atoms with Gasteiger partial charge in [0.05, 0.1) is 11.0 Å². The lowest BCUT2D eigenvalue weighted by atomic mass is 10.1. The van der Waals surface area contributed by atoms with Crippen LogP contribution in [0.5, 0.6) is 0 Å². The molecule has 6 nitrogen and oxygen atoms in total. The number of imidazole rings is 1. The summed E-state index contributed by atoms with van der Waals surface area (Å²) in [5.74, 6) is -2.58. The van der Waals surface area contributed by atoms with Crippen molar-refractivity contribution >= 4 is 28.8 Å². The summed E-state index contributed by atoms with van der Waals surface area (Å²) < 4.78 is 40.8. The number of benzene rings is 1. The molecule has 1 atom stereocenters. The van der Waals surface area contributed by atoms with Crippen molar-refractivity contribution in [3.05, 3.63) is 24.3 Å². The number of rotatable bonds is 1. The monoisotopic (exact) mass is 298 g/mol. The average molecular weight is 298 g/mol. The molecule has 1 aromatic heterocycles. The summed E-state index contributed by atoms with van der Waals surface area (Å²) in [6, 6.07) is 6.28. The Morgan fingerprint density at radius 1 is 1.38 bits per heavy atom. The summed E-state index contributed by atoms with van der Waals surface area (Å²) in [6.07, 6.45) is -5.02. The molecule has 1 aromatic carbocycles. The van der Waals surface area contributed by atoms with Gasteiger partial charge < -0.3 is 10.6 Å². The second kappa shape index (κ2) is 3.96. The molecular weight excluding hydrogens is 289 g/mol. The molecular formula is C12H9F3N4O2. The minimum absolute atomic E-state index is 0.237. The van der Waals surface area contributed by atoms with E-state index in [1.54, 1.807) is 23.5 Å². The number of para-hydroxylation sites is 2. The van der Waals surface area contributed by atoms with Gasteiger partial charge in [0, 0.05) is 6.92 Å². The summed E-state index contributed by atoms with van der Waals surface area (Å²) in [5, 5.41) is 3.66. The van der Waals surface area contributed by atoms with Gasteiger partial charge in [-0.25, -0.2) is 9.55 Å². The molecule has 0 unspecified atom stereocenters. The molecule has 0 radical (unpaired) electrons. The number of nitrogens with zero attached hydrogens (tertiary/aromatic N) is 2. The number of anilines is 1. The van der Waals surface area contributed by atoms with Crippen molar-refractivity contribution in [3.63, 3.8) is 0 Å². The van der Waals surface area contributed by atoms with Crippen LogP contribution in [0.2, 0.25) is 0 Å². The van der Waals surface area contributed by atoms with Crippen LogP contribution in [0.4, 0.5) is 19.1 Å². The zero-order chi connectivity index (χ0) is 15.4. The van der Waals surface area contributed by atoms with Gasteiger partial charge in [-0.2, -0.15) is 13.2 Å². The minimum atomic E-state index is -5.02. The number of alkyl halides is 3. The van der Waals surface area contributed by atoms with Crippen LogP contribution in [0.3, 0.4) is 0 Å². The van der Waals surface area contributed by atoms with Crippen LogP contribution in [0.25, 0.3) is 11.0 Å². The van der Waals surface area contributed by atoms with Gasteiger partial charge in [-0.1, -0.05) is 12.1 Å². The fourth-order valence-corrected chi connectivity index (χ4v) is 2.32. The predicted octanol–water partition coefficient (Wildman–Crippen LogP) is 1.50. The number of hydrogen-bond acceptors (Lipinski definition) is 4. The quantitative estimate of drug-likeness (QED) is 0.836. The molecule has 0 fully saturated rings. The van der Waals surface area contributed by atoms with Crippen LogP contribution < -0.4 is 10.6 Å². The Morgan fingerprint density at radius 2 is 2.05 bits per heavy atom. The molecule has 2 aromatic rings. The van der Waals surface area contributed by atoms with Gasteiger partial charge in [-0.3, -0.25) is 9.59 Å². The van der Waals surface area contributed by atoms with Crippen molar-refractivity contribution in [3.8, 4) is 0 Å². The minimum Gasteiger partial charge on any atom is -0.318 e. The maximum atomic E-state index is 13.3. The van der Waals surface area contributed by atoms with Gasteiger partial charge in [0.1, 0.15) is 0 Å². The molecule has 3 rings (SSSR count). The number of fused-ring (bicyclic) bond motifs is 3. The second-order valence-corrected chi connectivity index (χ2v) is 4.62. The van der Waals surface area contributed by atoms with E-state index in [0.717, 1.165) is 11.5 Å². The Bertz CT molecular complexity index is 767. The smallest absolute Gasteiger partial charge is 0.318 e. The number of halogens is 3. The van der Waals surface area contributed by atoms with Crippen molar-refractivity contribution < 1.29 is 22.8 Å². The molecule has 0 spiro atoms. The molecule has 9 heteroatoms.